The van der Waals surface area contributed by atoms with Gasteiger partial charge in [0.05, 0.1) is 11.6 Å². The number of aromatic hydroxyl groups is 1. The largest absolute Gasteiger partial charge is 0.508 e. The summed E-state index contributed by atoms with van der Waals surface area (Å²) in [6, 6.07) is 12.9. The molecule has 0 saturated heterocycles. The summed E-state index contributed by atoms with van der Waals surface area (Å²) in [5, 5.41) is 19.9. The summed E-state index contributed by atoms with van der Waals surface area (Å²) in [5.41, 5.74) is 2.38. The van der Waals surface area contributed by atoms with Gasteiger partial charge < -0.3 is 10.2 Å². The van der Waals surface area contributed by atoms with Crippen LogP contribution >= 0.6 is 0 Å². The van der Waals surface area contributed by atoms with Crippen molar-refractivity contribution in [3.8, 4) is 5.75 Å². The van der Waals surface area contributed by atoms with E-state index in [0.29, 0.717) is 11.3 Å². The van der Waals surface area contributed by atoms with Crippen LogP contribution in [0, 0.1) is 6.92 Å². The number of aryl methyl sites for hydroxylation is 1. The molecule has 0 spiro atoms. The lowest BCUT2D eigenvalue weighted by molar-refractivity contribution is -0.118. The second-order valence-corrected chi connectivity index (χ2v) is 6.04. The molecule has 2 aromatic carbocycles. The number of Topliss-reactive ketones (excluding diaryl/α,β-unsaturated/α-hetero) is 1. The minimum absolute atomic E-state index is 0.0894. The molecule has 3 rings (SSSR count). The van der Waals surface area contributed by atoms with Crippen molar-refractivity contribution in [2.75, 3.05) is 4.90 Å². The number of phenols is 1. The van der Waals surface area contributed by atoms with Gasteiger partial charge in [-0.25, -0.2) is 0 Å². The molecule has 0 fully saturated rings. The van der Waals surface area contributed by atoms with Gasteiger partial charge in [-0.2, -0.15) is 0 Å². The van der Waals surface area contributed by atoms with Crippen LogP contribution in [0.3, 0.4) is 0 Å². The molecule has 1 atom stereocenters. The lowest BCUT2D eigenvalue weighted by atomic mass is 9.94. The number of nitrogens with zero attached hydrogens (tertiary/aromatic N) is 1. The van der Waals surface area contributed by atoms with Gasteiger partial charge in [0.15, 0.2) is 11.5 Å². The molecular formula is C20H19NO4. The van der Waals surface area contributed by atoms with E-state index in [0.717, 1.165) is 5.56 Å². The van der Waals surface area contributed by atoms with Gasteiger partial charge in [0.2, 0.25) is 0 Å². The summed E-state index contributed by atoms with van der Waals surface area (Å²) in [6.45, 7) is 3.63. The maximum atomic E-state index is 12.7. The van der Waals surface area contributed by atoms with Crippen molar-refractivity contribution in [3.63, 3.8) is 0 Å². The monoisotopic (exact) mass is 337 g/mol. The highest BCUT2D eigenvalue weighted by Crippen LogP contribution is 2.41. The fourth-order valence-corrected chi connectivity index (χ4v) is 3.02. The third kappa shape index (κ3) is 2.89. The fraction of sp³-hybridized carbons (Fsp3) is 0.200. The van der Waals surface area contributed by atoms with E-state index in [1.54, 1.807) is 31.2 Å². The summed E-state index contributed by atoms with van der Waals surface area (Å²) in [6.07, 6.45) is 0.184. The smallest absolute Gasteiger partial charge is 0.294 e. The SMILES string of the molecule is CCC(=O)C1=C(O)C(=O)N(c2ccc(C)cc2)C1c1ccc(O)cc1. The summed E-state index contributed by atoms with van der Waals surface area (Å²) in [4.78, 5) is 26.5. The molecule has 128 valence electrons. The van der Waals surface area contributed by atoms with Gasteiger partial charge >= 0.3 is 0 Å². The number of hydrogen-bond donors (Lipinski definition) is 2. The number of aliphatic hydroxyl groups excluding tert-OH is 1. The highest BCUT2D eigenvalue weighted by atomic mass is 16.3. The maximum absolute atomic E-state index is 12.7. The molecule has 2 aromatic rings. The van der Waals surface area contributed by atoms with Gasteiger partial charge in [-0.15, -0.1) is 0 Å². The summed E-state index contributed by atoms with van der Waals surface area (Å²) >= 11 is 0. The Balaban J connectivity index is 2.16. The number of benzene rings is 2. The van der Waals surface area contributed by atoms with Crippen molar-refractivity contribution in [3.05, 3.63) is 71.0 Å². The molecule has 0 radical (unpaired) electrons. The van der Waals surface area contributed by atoms with Gasteiger partial charge in [-0.3, -0.25) is 14.5 Å². The normalized spacial score (nSPS) is 17.3. The number of rotatable bonds is 4. The second-order valence-electron chi connectivity index (χ2n) is 6.04. The molecule has 1 unspecified atom stereocenters. The molecule has 5 heteroatoms. The van der Waals surface area contributed by atoms with Crippen LogP contribution in [-0.2, 0) is 9.59 Å². The first-order valence-corrected chi connectivity index (χ1v) is 8.09. The van der Waals surface area contributed by atoms with E-state index in [1.165, 1.54) is 17.0 Å². The van der Waals surface area contributed by atoms with Crippen LogP contribution in [0.25, 0.3) is 0 Å². The number of hydrogen-bond acceptors (Lipinski definition) is 4. The van der Waals surface area contributed by atoms with Gasteiger partial charge in [-0.05, 0) is 36.8 Å². The Kier molecular flexibility index (Phi) is 4.31. The molecule has 5 nitrogen and oxygen atoms in total. The third-order valence-corrected chi connectivity index (χ3v) is 4.35. The number of carbonyl (C=O) groups is 2. The van der Waals surface area contributed by atoms with Crippen molar-refractivity contribution in [2.45, 2.75) is 26.3 Å². The van der Waals surface area contributed by atoms with Crippen molar-refractivity contribution in [1.29, 1.82) is 0 Å². The van der Waals surface area contributed by atoms with Crippen LogP contribution in [0.4, 0.5) is 5.69 Å². The molecule has 1 aliphatic rings. The standard InChI is InChI=1S/C20H19NO4/c1-3-16(23)17-18(13-6-10-15(22)11-7-13)21(20(25)19(17)24)14-8-4-12(2)5-9-14/h4-11,18,22,24H,3H2,1-2H3. The quantitative estimate of drug-likeness (QED) is 0.894. The van der Waals surface area contributed by atoms with E-state index in [-0.39, 0.29) is 23.5 Å². The van der Waals surface area contributed by atoms with Crippen LogP contribution in [0.1, 0.15) is 30.5 Å². The number of phenolic OH excluding ortho intramolecular Hbond substituents is 1. The van der Waals surface area contributed by atoms with Crippen molar-refractivity contribution in [2.24, 2.45) is 0 Å². The van der Waals surface area contributed by atoms with Gasteiger partial charge in [-0.1, -0.05) is 36.8 Å². The van der Waals surface area contributed by atoms with E-state index in [9.17, 15) is 19.8 Å². The Hall–Kier alpha value is -3.08. The van der Waals surface area contributed by atoms with Gasteiger partial charge in [0, 0.05) is 12.1 Å². The van der Waals surface area contributed by atoms with Gasteiger partial charge in [0.1, 0.15) is 5.75 Å². The Labute approximate surface area is 145 Å². The summed E-state index contributed by atoms with van der Waals surface area (Å²) in [5.74, 6) is -1.30. The molecule has 1 heterocycles. The Bertz CT molecular complexity index is 850. The average molecular weight is 337 g/mol. The Morgan fingerprint density at radius 1 is 1.04 bits per heavy atom. The first kappa shape index (κ1) is 16.8. The lowest BCUT2D eigenvalue weighted by Gasteiger charge is -2.27. The van der Waals surface area contributed by atoms with E-state index in [2.05, 4.69) is 0 Å². The summed E-state index contributed by atoms with van der Waals surface area (Å²) in [7, 11) is 0. The first-order chi connectivity index (χ1) is 11.9. The van der Waals surface area contributed by atoms with Crippen LogP contribution in [0.2, 0.25) is 0 Å². The van der Waals surface area contributed by atoms with Crippen LogP contribution in [0.15, 0.2) is 59.9 Å². The minimum atomic E-state index is -0.719. The molecular weight excluding hydrogens is 318 g/mol. The minimum Gasteiger partial charge on any atom is -0.508 e. The van der Waals surface area contributed by atoms with Crippen molar-refractivity contribution < 1.29 is 19.8 Å². The van der Waals surface area contributed by atoms with E-state index >= 15 is 0 Å². The van der Waals surface area contributed by atoms with Crippen LogP contribution in [0.5, 0.6) is 5.75 Å². The van der Waals surface area contributed by atoms with Gasteiger partial charge in [0.25, 0.3) is 5.91 Å². The Morgan fingerprint density at radius 3 is 2.20 bits per heavy atom. The number of anilines is 1. The summed E-state index contributed by atoms with van der Waals surface area (Å²) < 4.78 is 0. The zero-order valence-corrected chi connectivity index (χ0v) is 14.1. The predicted octanol–water partition coefficient (Wildman–Crippen LogP) is 3.58. The molecule has 0 aliphatic carbocycles. The van der Waals surface area contributed by atoms with Crippen molar-refractivity contribution >= 4 is 17.4 Å². The number of amides is 1. The maximum Gasteiger partial charge on any atom is 0.294 e. The first-order valence-electron chi connectivity index (χ1n) is 8.09. The van der Waals surface area contributed by atoms with E-state index < -0.39 is 17.7 Å². The van der Waals surface area contributed by atoms with Crippen molar-refractivity contribution in [1.82, 2.24) is 0 Å². The third-order valence-electron chi connectivity index (χ3n) is 4.35. The number of carbonyl (C=O) groups excluding carboxylic acids is 2. The second kappa shape index (κ2) is 6.43. The van der Waals surface area contributed by atoms with E-state index in [1.807, 2.05) is 19.1 Å². The Morgan fingerprint density at radius 2 is 1.64 bits per heavy atom. The predicted molar refractivity (Wildman–Crippen MR) is 94.5 cm³/mol. The highest BCUT2D eigenvalue weighted by Gasteiger charge is 2.43. The fourth-order valence-electron chi connectivity index (χ4n) is 3.02. The average Bonchev–Trinajstić information content (AvgIpc) is 2.87. The number of aliphatic hydroxyl groups is 1. The zero-order chi connectivity index (χ0) is 18.1. The zero-order valence-electron chi connectivity index (χ0n) is 14.1. The molecule has 25 heavy (non-hydrogen) atoms. The molecule has 1 amide bonds. The highest BCUT2D eigenvalue weighted by molar-refractivity contribution is 6.16. The van der Waals surface area contributed by atoms with E-state index in [4.69, 9.17) is 0 Å². The lowest BCUT2D eigenvalue weighted by Crippen LogP contribution is -2.30. The van der Waals surface area contributed by atoms with Crippen LogP contribution in [-0.4, -0.2) is 21.9 Å². The molecule has 0 bridgehead atoms. The topological polar surface area (TPSA) is 77.8 Å². The molecule has 2 N–H and O–H groups in total. The van der Waals surface area contributed by atoms with Crippen LogP contribution < -0.4 is 4.90 Å². The number of ketones is 1. The molecule has 1 aliphatic heterocycles. The molecule has 0 aromatic heterocycles. The molecule has 0 saturated carbocycles.